The normalized spacial score (nSPS) is 18.0. The Labute approximate surface area is 86.5 Å². The number of hydrogen-bond acceptors (Lipinski definition) is 4. The molecule has 0 aliphatic carbocycles. The van der Waals surface area contributed by atoms with Crippen molar-refractivity contribution >= 4 is 12.6 Å². The van der Waals surface area contributed by atoms with E-state index >= 15 is 0 Å². The number of carbonyl (C=O) groups is 2. The topological polar surface area (TPSA) is 63.6 Å². The number of fused-ring (bicyclic) bond motifs is 1. The van der Waals surface area contributed by atoms with Crippen LogP contribution in [0.2, 0.25) is 0 Å². The molecule has 15 heavy (non-hydrogen) atoms. The van der Waals surface area contributed by atoms with Gasteiger partial charge in [-0.3, -0.25) is 4.79 Å². The number of aldehydes is 2. The Bertz CT molecular complexity index is 411. The number of ether oxygens (including phenoxy) is 1. The maximum atomic E-state index is 10.8. The summed E-state index contributed by atoms with van der Waals surface area (Å²) in [6.07, 6.45) is 1.99. The summed E-state index contributed by atoms with van der Waals surface area (Å²) in [7, 11) is 0. The quantitative estimate of drug-likeness (QED) is 0.752. The van der Waals surface area contributed by atoms with E-state index in [2.05, 4.69) is 0 Å². The lowest BCUT2D eigenvalue weighted by Crippen LogP contribution is -2.12. The zero-order valence-corrected chi connectivity index (χ0v) is 7.97. The van der Waals surface area contributed by atoms with Crippen molar-refractivity contribution in [3.63, 3.8) is 0 Å². The van der Waals surface area contributed by atoms with Crippen LogP contribution in [0.5, 0.6) is 11.5 Å². The molecule has 4 nitrogen and oxygen atoms in total. The Morgan fingerprint density at radius 3 is 2.93 bits per heavy atom. The summed E-state index contributed by atoms with van der Waals surface area (Å²) < 4.78 is 5.44. The van der Waals surface area contributed by atoms with Crippen molar-refractivity contribution in [1.82, 2.24) is 0 Å². The fraction of sp³-hybridized carbons (Fsp3) is 0.273. The second-order valence-corrected chi connectivity index (χ2v) is 3.44. The fourth-order valence-corrected chi connectivity index (χ4v) is 1.77. The third-order valence-corrected chi connectivity index (χ3v) is 2.49. The van der Waals surface area contributed by atoms with Gasteiger partial charge in [-0.2, -0.15) is 0 Å². The first-order chi connectivity index (χ1) is 7.26. The summed E-state index contributed by atoms with van der Waals surface area (Å²) in [6.45, 7) is 0. The van der Waals surface area contributed by atoms with Gasteiger partial charge in [-0.05, 0) is 12.1 Å². The van der Waals surface area contributed by atoms with Crippen molar-refractivity contribution in [3.8, 4) is 11.5 Å². The molecule has 1 aliphatic rings. The van der Waals surface area contributed by atoms with Gasteiger partial charge in [0, 0.05) is 18.4 Å². The Morgan fingerprint density at radius 1 is 1.47 bits per heavy atom. The summed E-state index contributed by atoms with van der Waals surface area (Å²) in [5, 5.41) is 9.43. The highest BCUT2D eigenvalue weighted by atomic mass is 16.5. The second-order valence-electron chi connectivity index (χ2n) is 3.44. The molecule has 2 rings (SSSR count). The highest BCUT2D eigenvalue weighted by Crippen LogP contribution is 2.35. The average molecular weight is 206 g/mol. The van der Waals surface area contributed by atoms with Gasteiger partial charge in [0.15, 0.2) is 6.29 Å². The predicted octanol–water partition coefficient (Wildman–Crippen LogP) is 1.10. The number of carbonyl (C=O) groups excluding carboxylic acids is 2. The predicted molar refractivity (Wildman–Crippen MR) is 52.3 cm³/mol. The Morgan fingerprint density at radius 2 is 2.27 bits per heavy atom. The fourth-order valence-electron chi connectivity index (χ4n) is 1.77. The van der Waals surface area contributed by atoms with Gasteiger partial charge in [0.25, 0.3) is 0 Å². The number of aromatic hydroxyl groups is 1. The average Bonchev–Trinajstić information content (AvgIpc) is 2.61. The van der Waals surface area contributed by atoms with Gasteiger partial charge in [0.05, 0.1) is 5.56 Å². The summed E-state index contributed by atoms with van der Waals surface area (Å²) in [5.74, 6) is 0.542. The third kappa shape index (κ3) is 1.58. The number of phenols is 1. The molecule has 1 aromatic carbocycles. The maximum Gasteiger partial charge on any atom is 0.154 e. The molecule has 0 saturated heterocycles. The molecule has 1 heterocycles. The summed E-state index contributed by atoms with van der Waals surface area (Å²) in [5.41, 5.74) is 0.956. The lowest BCUT2D eigenvalue weighted by molar-refractivity contribution is -0.109. The van der Waals surface area contributed by atoms with E-state index in [-0.39, 0.29) is 17.4 Å². The van der Waals surface area contributed by atoms with Crippen molar-refractivity contribution in [2.45, 2.75) is 18.9 Å². The van der Waals surface area contributed by atoms with Crippen molar-refractivity contribution in [1.29, 1.82) is 0 Å². The highest BCUT2D eigenvalue weighted by Gasteiger charge is 2.26. The van der Waals surface area contributed by atoms with Gasteiger partial charge in [0.2, 0.25) is 0 Å². The molecule has 1 unspecified atom stereocenters. The highest BCUT2D eigenvalue weighted by molar-refractivity contribution is 5.83. The number of benzene rings is 1. The number of phenolic OH excluding ortho intramolecular Hbond substituents is 1. The standard InChI is InChI=1S/C11H10O4/c12-4-3-7-5-8-9(6-13)10(14)1-2-11(8)15-7/h1-2,4,6-7,14H,3,5H2. The van der Waals surface area contributed by atoms with Crippen LogP contribution in [0, 0.1) is 0 Å². The first kappa shape index (κ1) is 9.71. The molecule has 4 heteroatoms. The molecule has 1 N–H and O–H groups in total. The molecule has 1 atom stereocenters. The minimum absolute atomic E-state index is 0.0425. The first-order valence-electron chi connectivity index (χ1n) is 4.66. The van der Waals surface area contributed by atoms with Crippen LogP contribution in [0.25, 0.3) is 0 Å². The molecule has 0 fully saturated rings. The molecule has 0 aromatic heterocycles. The first-order valence-corrected chi connectivity index (χ1v) is 4.66. The van der Waals surface area contributed by atoms with E-state index in [9.17, 15) is 14.7 Å². The molecule has 78 valence electrons. The van der Waals surface area contributed by atoms with Gasteiger partial charge in [-0.1, -0.05) is 0 Å². The van der Waals surface area contributed by atoms with Gasteiger partial charge in [0.1, 0.15) is 23.9 Å². The van der Waals surface area contributed by atoms with Crippen LogP contribution in [-0.2, 0) is 11.2 Å². The number of hydrogen-bond donors (Lipinski definition) is 1. The largest absolute Gasteiger partial charge is 0.507 e. The van der Waals surface area contributed by atoms with Crippen LogP contribution in [0.15, 0.2) is 12.1 Å². The smallest absolute Gasteiger partial charge is 0.154 e. The SMILES string of the molecule is O=CCC1Cc2c(ccc(O)c2C=O)O1. The Balaban J connectivity index is 2.37. The molecular weight excluding hydrogens is 196 g/mol. The zero-order valence-electron chi connectivity index (χ0n) is 7.97. The lowest BCUT2D eigenvalue weighted by atomic mass is 10.0. The van der Waals surface area contributed by atoms with Crippen LogP contribution in [0.4, 0.5) is 0 Å². The third-order valence-electron chi connectivity index (χ3n) is 2.49. The second kappa shape index (κ2) is 3.73. The summed E-state index contributed by atoms with van der Waals surface area (Å²) >= 11 is 0. The van der Waals surface area contributed by atoms with Crippen molar-refractivity contribution in [2.24, 2.45) is 0 Å². The van der Waals surface area contributed by atoms with Gasteiger partial charge in [-0.15, -0.1) is 0 Å². The molecule has 1 aromatic rings. The van der Waals surface area contributed by atoms with Crippen LogP contribution in [0.3, 0.4) is 0 Å². The summed E-state index contributed by atoms with van der Waals surface area (Å²) in [6, 6.07) is 3.04. The maximum absolute atomic E-state index is 10.8. The van der Waals surface area contributed by atoms with Crippen molar-refractivity contribution < 1.29 is 19.4 Å². The van der Waals surface area contributed by atoms with E-state index in [0.717, 1.165) is 6.29 Å². The van der Waals surface area contributed by atoms with E-state index in [4.69, 9.17) is 4.74 Å². The number of rotatable bonds is 3. The Kier molecular flexibility index (Phi) is 2.41. The molecule has 0 radical (unpaired) electrons. The van der Waals surface area contributed by atoms with E-state index in [1.807, 2.05) is 0 Å². The molecular formula is C11H10O4. The zero-order chi connectivity index (χ0) is 10.8. The minimum atomic E-state index is -0.210. The van der Waals surface area contributed by atoms with Crippen LogP contribution >= 0.6 is 0 Å². The molecule has 0 amide bonds. The molecule has 1 aliphatic heterocycles. The minimum Gasteiger partial charge on any atom is -0.507 e. The monoisotopic (exact) mass is 206 g/mol. The molecule has 0 bridgehead atoms. The van der Waals surface area contributed by atoms with E-state index < -0.39 is 0 Å². The van der Waals surface area contributed by atoms with E-state index in [1.54, 1.807) is 6.07 Å². The molecule has 0 spiro atoms. The van der Waals surface area contributed by atoms with Gasteiger partial charge in [-0.25, -0.2) is 0 Å². The van der Waals surface area contributed by atoms with Gasteiger partial charge >= 0.3 is 0 Å². The lowest BCUT2D eigenvalue weighted by Gasteiger charge is -2.05. The van der Waals surface area contributed by atoms with Gasteiger partial charge < -0.3 is 14.6 Å². The molecule has 0 saturated carbocycles. The Hall–Kier alpha value is -1.84. The van der Waals surface area contributed by atoms with Crippen LogP contribution in [0.1, 0.15) is 22.3 Å². The van der Waals surface area contributed by atoms with Crippen LogP contribution in [-0.4, -0.2) is 23.8 Å². The summed E-state index contributed by atoms with van der Waals surface area (Å²) in [4.78, 5) is 21.1. The van der Waals surface area contributed by atoms with E-state index in [1.165, 1.54) is 6.07 Å². The van der Waals surface area contributed by atoms with Crippen molar-refractivity contribution in [3.05, 3.63) is 23.3 Å². The van der Waals surface area contributed by atoms with Crippen LogP contribution < -0.4 is 4.74 Å². The van der Waals surface area contributed by atoms with Crippen molar-refractivity contribution in [2.75, 3.05) is 0 Å². The van der Waals surface area contributed by atoms with E-state index in [0.29, 0.717) is 30.4 Å².